The van der Waals surface area contributed by atoms with Crippen molar-refractivity contribution in [1.29, 1.82) is 0 Å². The van der Waals surface area contributed by atoms with Gasteiger partial charge in [-0.15, -0.1) is 0 Å². The van der Waals surface area contributed by atoms with Gasteiger partial charge in [-0.25, -0.2) is 0 Å². The second kappa shape index (κ2) is 9.65. The molecule has 1 aliphatic heterocycles. The molecule has 1 N–H and O–H groups in total. The minimum atomic E-state index is -0.768. The molecule has 7 heteroatoms. The Morgan fingerprint density at radius 3 is 2.55 bits per heavy atom. The zero-order chi connectivity index (χ0) is 23.4. The highest BCUT2D eigenvalue weighted by Gasteiger charge is 2.46. The third-order valence-electron chi connectivity index (χ3n) is 5.31. The van der Waals surface area contributed by atoms with Crippen molar-refractivity contribution in [3.8, 4) is 5.75 Å². The highest BCUT2D eigenvalue weighted by molar-refractivity contribution is 6.46. The molecule has 3 heterocycles. The summed E-state index contributed by atoms with van der Waals surface area (Å²) in [5.41, 5.74) is 1.76. The number of aliphatic hydroxyl groups excluding tert-OH is 1. The number of likely N-dealkylation sites (tertiary alicyclic amines) is 1. The predicted octanol–water partition coefficient (Wildman–Crippen LogP) is 4.13. The Hall–Kier alpha value is -4.00. The highest BCUT2D eigenvalue weighted by Crippen LogP contribution is 2.40. The SMILES string of the molecule is CC(C)COc1cccc(/C(O)=C2/C(=O)C(=O)N(Cc3ccccn3)C2c2ccncc2)c1. The Morgan fingerprint density at radius 2 is 1.85 bits per heavy atom. The van der Waals surface area contributed by atoms with Crippen molar-refractivity contribution in [3.05, 3.63) is 95.6 Å². The van der Waals surface area contributed by atoms with Crippen LogP contribution in [0.15, 0.2) is 78.8 Å². The summed E-state index contributed by atoms with van der Waals surface area (Å²) in [6.07, 6.45) is 4.82. The molecule has 1 aromatic carbocycles. The fourth-order valence-electron chi connectivity index (χ4n) is 3.75. The van der Waals surface area contributed by atoms with Crippen LogP contribution < -0.4 is 4.74 Å². The van der Waals surface area contributed by atoms with Gasteiger partial charge in [-0.1, -0.05) is 32.0 Å². The van der Waals surface area contributed by atoms with Crippen molar-refractivity contribution < 1.29 is 19.4 Å². The Morgan fingerprint density at radius 1 is 1.06 bits per heavy atom. The number of aliphatic hydroxyl groups is 1. The quantitative estimate of drug-likeness (QED) is 0.335. The molecule has 0 radical (unpaired) electrons. The number of hydrogen-bond acceptors (Lipinski definition) is 6. The van der Waals surface area contributed by atoms with Crippen LogP contribution in [0.3, 0.4) is 0 Å². The molecule has 2 aromatic heterocycles. The molecule has 0 bridgehead atoms. The normalized spacial score (nSPS) is 17.5. The summed E-state index contributed by atoms with van der Waals surface area (Å²) in [5.74, 6) is -0.745. The number of hydrogen-bond donors (Lipinski definition) is 1. The van der Waals surface area contributed by atoms with E-state index in [4.69, 9.17) is 4.74 Å². The number of rotatable bonds is 7. The lowest BCUT2D eigenvalue weighted by atomic mass is 9.96. The zero-order valence-electron chi connectivity index (χ0n) is 18.5. The van der Waals surface area contributed by atoms with Gasteiger partial charge >= 0.3 is 0 Å². The van der Waals surface area contributed by atoms with Crippen LogP contribution in [-0.4, -0.2) is 38.3 Å². The number of amides is 1. The van der Waals surface area contributed by atoms with Gasteiger partial charge in [0.2, 0.25) is 0 Å². The van der Waals surface area contributed by atoms with E-state index in [2.05, 4.69) is 9.97 Å². The number of ether oxygens (including phenoxy) is 1. The number of benzene rings is 1. The van der Waals surface area contributed by atoms with Gasteiger partial charge in [0.1, 0.15) is 11.5 Å². The first-order valence-corrected chi connectivity index (χ1v) is 10.8. The molecule has 0 aliphatic carbocycles. The smallest absolute Gasteiger partial charge is 0.296 e. The third-order valence-corrected chi connectivity index (χ3v) is 5.31. The maximum atomic E-state index is 13.1. The van der Waals surface area contributed by atoms with Gasteiger partial charge in [-0.3, -0.25) is 19.6 Å². The number of pyridine rings is 2. The molecular formula is C26H25N3O4. The molecule has 3 aromatic rings. The summed E-state index contributed by atoms with van der Waals surface area (Å²) in [7, 11) is 0. The first-order chi connectivity index (χ1) is 16.0. The lowest BCUT2D eigenvalue weighted by Gasteiger charge is -2.25. The maximum Gasteiger partial charge on any atom is 0.296 e. The minimum Gasteiger partial charge on any atom is -0.507 e. The van der Waals surface area contributed by atoms with Gasteiger partial charge in [-0.2, -0.15) is 0 Å². The molecule has 1 saturated heterocycles. The number of carbonyl (C=O) groups excluding carboxylic acids is 2. The van der Waals surface area contributed by atoms with E-state index >= 15 is 0 Å². The maximum absolute atomic E-state index is 13.1. The second-order valence-electron chi connectivity index (χ2n) is 8.26. The molecule has 1 aliphatic rings. The summed E-state index contributed by atoms with van der Waals surface area (Å²) in [6.45, 7) is 4.74. The second-order valence-corrected chi connectivity index (χ2v) is 8.26. The average Bonchev–Trinajstić information content (AvgIpc) is 3.08. The van der Waals surface area contributed by atoms with Gasteiger partial charge in [0.05, 0.1) is 30.5 Å². The topological polar surface area (TPSA) is 92.6 Å². The summed E-state index contributed by atoms with van der Waals surface area (Å²) in [4.78, 5) is 35.9. The van der Waals surface area contributed by atoms with E-state index in [0.717, 1.165) is 0 Å². The Kier molecular flexibility index (Phi) is 6.49. The Bertz CT molecular complexity index is 1180. The molecule has 1 amide bonds. The van der Waals surface area contributed by atoms with Crippen LogP contribution in [0.1, 0.15) is 36.7 Å². The van der Waals surface area contributed by atoms with E-state index in [1.807, 2.05) is 19.9 Å². The molecular weight excluding hydrogens is 418 g/mol. The molecule has 4 rings (SSSR count). The average molecular weight is 444 g/mol. The zero-order valence-corrected chi connectivity index (χ0v) is 18.5. The van der Waals surface area contributed by atoms with Crippen LogP contribution >= 0.6 is 0 Å². The van der Waals surface area contributed by atoms with Gasteiger partial charge < -0.3 is 14.7 Å². The highest BCUT2D eigenvalue weighted by atomic mass is 16.5. The number of nitrogens with zero attached hydrogens (tertiary/aromatic N) is 3. The van der Waals surface area contributed by atoms with E-state index in [9.17, 15) is 14.7 Å². The van der Waals surface area contributed by atoms with E-state index in [0.29, 0.717) is 35.1 Å². The minimum absolute atomic E-state index is 0.0307. The lowest BCUT2D eigenvalue weighted by molar-refractivity contribution is -0.140. The molecule has 0 spiro atoms. The van der Waals surface area contributed by atoms with Gasteiger partial charge in [0.25, 0.3) is 11.7 Å². The molecule has 0 saturated carbocycles. The Labute approximate surface area is 192 Å². The van der Waals surface area contributed by atoms with Crippen molar-refractivity contribution in [1.82, 2.24) is 14.9 Å². The fourth-order valence-corrected chi connectivity index (χ4v) is 3.75. The first kappa shape index (κ1) is 22.2. The summed E-state index contributed by atoms with van der Waals surface area (Å²) >= 11 is 0. The third kappa shape index (κ3) is 4.77. The van der Waals surface area contributed by atoms with Gasteiger partial charge in [-0.05, 0) is 47.9 Å². The van der Waals surface area contributed by atoms with Crippen LogP contribution in [-0.2, 0) is 16.1 Å². The lowest BCUT2D eigenvalue weighted by Crippen LogP contribution is -2.29. The first-order valence-electron chi connectivity index (χ1n) is 10.8. The van der Waals surface area contributed by atoms with E-state index in [1.54, 1.807) is 67.1 Å². The van der Waals surface area contributed by atoms with Crippen LogP contribution in [0.2, 0.25) is 0 Å². The van der Waals surface area contributed by atoms with E-state index in [1.165, 1.54) is 4.90 Å². The molecule has 1 atom stereocenters. The predicted molar refractivity (Wildman–Crippen MR) is 123 cm³/mol. The standard InChI is InChI=1S/C26H25N3O4/c1-17(2)16-33-21-8-5-6-19(14-21)24(30)22-23(18-9-12-27-13-10-18)29(26(32)25(22)31)15-20-7-3-4-11-28-20/h3-14,17,23,30H,15-16H2,1-2H3/b24-22-. The van der Waals surface area contributed by atoms with Gasteiger partial charge in [0, 0.05) is 24.2 Å². The molecule has 1 fully saturated rings. The molecule has 33 heavy (non-hydrogen) atoms. The number of ketones is 1. The van der Waals surface area contributed by atoms with Crippen LogP contribution in [0.5, 0.6) is 5.75 Å². The van der Waals surface area contributed by atoms with Crippen LogP contribution in [0.4, 0.5) is 0 Å². The van der Waals surface area contributed by atoms with Crippen molar-refractivity contribution in [3.63, 3.8) is 0 Å². The van der Waals surface area contributed by atoms with E-state index < -0.39 is 17.7 Å². The molecule has 168 valence electrons. The van der Waals surface area contributed by atoms with E-state index in [-0.39, 0.29) is 17.9 Å². The van der Waals surface area contributed by atoms with Gasteiger partial charge in [0.15, 0.2) is 0 Å². The largest absolute Gasteiger partial charge is 0.507 e. The van der Waals surface area contributed by atoms with Crippen molar-refractivity contribution in [2.24, 2.45) is 5.92 Å². The van der Waals surface area contributed by atoms with Crippen LogP contribution in [0.25, 0.3) is 5.76 Å². The van der Waals surface area contributed by atoms with Crippen molar-refractivity contribution in [2.75, 3.05) is 6.61 Å². The number of carbonyl (C=O) groups is 2. The summed E-state index contributed by atoms with van der Waals surface area (Å²) in [5, 5.41) is 11.2. The van der Waals surface area contributed by atoms with Crippen molar-refractivity contribution >= 4 is 17.4 Å². The van der Waals surface area contributed by atoms with Crippen LogP contribution in [0, 0.1) is 5.92 Å². The van der Waals surface area contributed by atoms with Crippen molar-refractivity contribution in [2.45, 2.75) is 26.4 Å². The number of Topliss-reactive ketones (excluding diaryl/α,β-unsaturated/α-hetero) is 1. The Balaban J connectivity index is 1.78. The summed E-state index contributed by atoms with van der Waals surface area (Å²) < 4.78 is 5.77. The monoisotopic (exact) mass is 443 g/mol. The summed E-state index contributed by atoms with van der Waals surface area (Å²) in [6, 6.07) is 15.0. The molecule has 1 unspecified atom stereocenters. The fraction of sp³-hybridized carbons (Fsp3) is 0.231. The molecule has 7 nitrogen and oxygen atoms in total. The number of aromatic nitrogens is 2.